The van der Waals surface area contributed by atoms with E-state index in [9.17, 15) is 0 Å². The first kappa shape index (κ1) is 13.2. The second-order valence-corrected chi connectivity index (χ2v) is 5.29. The van der Waals surface area contributed by atoms with E-state index in [1.807, 2.05) is 36.4 Å². The predicted octanol–water partition coefficient (Wildman–Crippen LogP) is 3.93. The Morgan fingerprint density at radius 2 is 1.95 bits per heavy atom. The summed E-state index contributed by atoms with van der Waals surface area (Å²) in [7, 11) is 0. The molecule has 0 saturated heterocycles. The molecule has 0 fully saturated rings. The van der Waals surface area contributed by atoms with Gasteiger partial charge in [0, 0.05) is 11.5 Å². The van der Waals surface area contributed by atoms with E-state index in [2.05, 4.69) is 37.8 Å². The summed E-state index contributed by atoms with van der Waals surface area (Å²) in [4.78, 5) is 0. The summed E-state index contributed by atoms with van der Waals surface area (Å²) in [6.45, 7) is 9.99. The zero-order chi connectivity index (χ0) is 13.9. The van der Waals surface area contributed by atoms with Crippen LogP contribution in [0.4, 0.5) is 5.82 Å². The van der Waals surface area contributed by atoms with Crippen LogP contribution < -0.4 is 10.1 Å². The van der Waals surface area contributed by atoms with Gasteiger partial charge < -0.3 is 14.6 Å². The fourth-order valence-corrected chi connectivity index (χ4v) is 1.49. The van der Waals surface area contributed by atoms with Gasteiger partial charge >= 0.3 is 0 Å². The smallest absolute Gasteiger partial charge is 0.191 e. The van der Waals surface area contributed by atoms with Gasteiger partial charge in [-0.1, -0.05) is 44.1 Å². The van der Waals surface area contributed by atoms with Crippen molar-refractivity contribution >= 4 is 5.82 Å². The Kier molecular flexibility index (Phi) is 3.60. The van der Waals surface area contributed by atoms with Crippen molar-refractivity contribution in [3.8, 4) is 5.75 Å². The Morgan fingerprint density at radius 1 is 1.26 bits per heavy atom. The molecule has 1 aromatic carbocycles. The lowest BCUT2D eigenvalue weighted by atomic mass is 9.93. The molecule has 1 N–H and O–H groups in total. The highest BCUT2D eigenvalue weighted by atomic mass is 16.5. The van der Waals surface area contributed by atoms with Crippen LogP contribution in [0.2, 0.25) is 0 Å². The van der Waals surface area contributed by atoms with E-state index < -0.39 is 0 Å². The third-order valence-electron chi connectivity index (χ3n) is 2.50. The minimum Gasteiger partial charge on any atom is -0.442 e. The third-order valence-corrected chi connectivity index (χ3v) is 2.50. The lowest BCUT2D eigenvalue weighted by Gasteiger charge is -2.12. The Labute approximate surface area is 113 Å². The maximum atomic E-state index is 5.53. The molecule has 0 saturated carbocycles. The van der Waals surface area contributed by atoms with Gasteiger partial charge in [-0.15, -0.1) is 0 Å². The van der Waals surface area contributed by atoms with Gasteiger partial charge in [-0.25, -0.2) is 0 Å². The molecule has 4 heteroatoms. The van der Waals surface area contributed by atoms with Crippen molar-refractivity contribution in [2.24, 2.45) is 0 Å². The molecule has 0 atom stereocenters. The van der Waals surface area contributed by atoms with Crippen molar-refractivity contribution in [3.05, 3.63) is 54.6 Å². The molecule has 0 amide bonds. The van der Waals surface area contributed by atoms with Crippen LogP contribution in [-0.4, -0.2) is 5.16 Å². The fourth-order valence-electron chi connectivity index (χ4n) is 1.49. The zero-order valence-corrected chi connectivity index (χ0v) is 11.4. The second-order valence-electron chi connectivity index (χ2n) is 5.29. The first-order chi connectivity index (χ1) is 8.95. The van der Waals surface area contributed by atoms with Gasteiger partial charge in [0.1, 0.15) is 11.5 Å². The lowest BCUT2D eigenvalue weighted by molar-refractivity contribution is 0.330. The number of hydrogen-bond acceptors (Lipinski definition) is 4. The second kappa shape index (κ2) is 5.18. The summed E-state index contributed by atoms with van der Waals surface area (Å²) in [6.07, 6.45) is 0. The van der Waals surface area contributed by atoms with Gasteiger partial charge in [-0.3, -0.25) is 0 Å². The minimum absolute atomic E-state index is 0.0749. The van der Waals surface area contributed by atoms with Crippen molar-refractivity contribution < 1.29 is 9.26 Å². The number of ether oxygens (including phenoxy) is 1. The average molecular weight is 258 g/mol. The summed E-state index contributed by atoms with van der Waals surface area (Å²) in [5.74, 6) is 2.52. The van der Waals surface area contributed by atoms with Crippen LogP contribution in [0.5, 0.6) is 5.75 Å². The number of benzene rings is 1. The quantitative estimate of drug-likeness (QED) is 0.844. The van der Waals surface area contributed by atoms with Gasteiger partial charge in [0.05, 0.1) is 0 Å². The largest absolute Gasteiger partial charge is 0.442 e. The number of nitrogens with one attached hydrogen (secondary N) is 1. The molecule has 0 unspecified atom stereocenters. The van der Waals surface area contributed by atoms with Crippen LogP contribution in [0.25, 0.3) is 0 Å². The van der Waals surface area contributed by atoms with E-state index >= 15 is 0 Å². The molecule has 19 heavy (non-hydrogen) atoms. The summed E-state index contributed by atoms with van der Waals surface area (Å²) in [5, 5.41) is 6.90. The van der Waals surface area contributed by atoms with E-state index in [-0.39, 0.29) is 5.41 Å². The van der Waals surface area contributed by atoms with E-state index in [0.29, 0.717) is 11.7 Å². The van der Waals surface area contributed by atoms with Crippen LogP contribution in [0.1, 0.15) is 26.5 Å². The number of anilines is 1. The number of nitrogens with zero attached hydrogens (tertiary/aromatic N) is 1. The molecule has 0 aliphatic rings. The highest BCUT2D eigenvalue weighted by molar-refractivity contribution is 5.40. The molecule has 2 rings (SSSR count). The Balaban J connectivity index is 1.98. The minimum atomic E-state index is -0.0749. The van der Waals surface area contributed by atoms with E-state index in [4.69, 9.17) is 9.26 Å². The van der Waals surface area contributed by atoms with Gasteiger partial charge in [0.15, 0.2) is 11.7 Å². The van der Waals surface area contributed by atoms with Gasteiger partial charge in [0.25, 0.3) is 0 Å². The summed E-state index contributed by atoms with van der Waals surface area (Å²) in [6, 6.07) is 11.3. The SMILES string of the molecule is C=C(Nc1cc(C(C)(C)C)on1)Oc1ccccc1. The molecule has 100 valence electrons. The fraction of sp³-hybridized carbons (Fsp3) is 0.267. The van der Waals surface area contributed by atoms with Crippen LogP contribution in [0.3, 0.4) is 0 Å². The predicted molar refractivity (Wildman–Crippen MR) is 75.0 cm³/mol. The number of aromatic nitrogens is 1. The maximum Gasteiger partial charge on any atom is 0.191 e. The van der Waals surface area contributed by atoms with Crippen molar-refractivity contribution in [1.82, 2.24) is 5.16 Å². The average Bonchev–Trinajstić information content (AvgIpc) is 2.78. The van der Waals surface area contributed by atoms with Gasteiger partial charge in [0.2, 0.25) is 0 Å². The molecule has 0 radical (unpaired) electrons. The molecule has 1 aromatic heterocycles. The van der Waals surface area contributed by atoms with Crippen molar-refractivity contribution in [2.45, 2.75) is 26.2 Å². The molecule has 0 spiro atoms. The van der Waals surface area contributed by atoms with Gasteiger partial charge in [-0.05, 0) is 18.7 Å². The maximum absolute atomic E-state index is 5.53. The molecular formula is C15H18N2O2. The molecule has 0 bridgehead atoms. The Bertz CT molecular complexity index is 553. The molecule has 2 aromatic rings. The molecule has 0 aliphatic heterocycles. The highest BCUT2D eigenvalue weighted by Crippen LogP contribution is 2.25. The van der Waals surface area contributed by atoms with Crippen LogP contribution in [0.15, 0.2) is 53.4 Å². The van der Waals surface area contributed by atoms with Crippen molar-refractivity contribution in [3.63, 3.8) is 0 Å². The molecule has 4 nitrogen and oxygen atoms in total. The first-order valence-corrected chi connectivity index (χ1v) is 6.11. The standard InChI is InChI=1S/C15H18N2O2/c1-11(18-12-8-6-5-7-9-12)16-14-10-13(19-17-14)15(2,3)4/h5-10H,1H2,2-4H3,(H,16,17). The van der Waals surface area contributed by atoms with E-state index in [1.165, 1.54) is 0 Å². The zero-order valence-electron chi connectivity index (χ0n) is 11.4. The summed E-state index contributed by atoms with van der Waals surface area (Å²) in [5.41, 5.74) is -0.0749. The molecule has 0 aliphatic carbocycles. The van der Waals surface area contributed by atoms with Crippen molar-refractivity contribution in [1.29, 1.82) is 0 Å². The van der Waals surface area contributed by atoms with Gasteiger partial charge in [-0.2, -0.15) is 0 Å². The summed E-state index contributed by atoms with van der Waals surface area (Å²) < 4.78 is 10.8. The molecule has 1 heterocycles. The first-order valence-electron chi connectivity index (χ1n) is 6.11. The van der Waals surface area contributed by atoms with E-state index in [1.54, 1.807) is 0 Å². The Hall–Kier alpha value is -2.23. The lowest BCUT2D eigenvalue weighted by Crippen LogP contribution is -2.09. The molecular weight excluding hydrogens is 240 g/mol. The highest BCUT2D eigenvalue weighted by Gasteiger charge is 2.19. The third kappa shape index (κ3) is 3.61. The summed E-state index contributed by atoms with van der Waals surface area (Å²) >= 11 is 0. The van der Waals surface area contributed by atoms with Crippen LogP contribution in [0, 0.1) is 0 Å². The number of hydrogen-bond donors (Lipinski definition) is 1. The normalized spacial score (nSPS) is 11.1. The monoisotopic (exact) mass is 258 g/mol. The number of rotatable bonds is 4. The van der Waals surface area contributed by atoms with Crippen LogP contribution >= 0.6 is 0 Å². The van der Waals surface area contributed by atoms with E-state index in [0.717, 1.165) is 11.5 Å². The topological polar surface area (TPSA) is 47.3 Å². The number of para-hydroxylation sites is 1. The van der Waals surface area contributed by atoms with Crippen LogP contribution in [-0.2, 0) is 5.41 Å². The van der Waals surface area contributed by atoms with Crippen molar-refractivity contribution in [2.75, 3.05) is 5.32 Å². The Morgan fingerprint density at radius 3 is 2.53 bits per heavy atom.